The van der Waals surface area contributed by atoms with E-state index in [0.717, 1.165) is 19.0 Å². The van der Waals surface area contributed by atoms with Gasteiger partial charge in [0.15, 0.2) is 0 Å². The molecule has 0 heterocycles. The van der Waals surface area contributed by atoms with Gasteiger partial charge in [-0.1, -0.05) is 13.0 Å². The number of aliphatic hydroxyl groups is 1. The van der Waals surface area contributed by atoms with E-state index in [2.05, 4.69) is 5.32 Å². The topological polar surface area (TPSA) is 66.4 Å². The molecule has 0 spiro atoms. The number of rotatable bonds is 7. The molecule has 0 fully saturated rings. The van der Waals surface area contributed by atoms with Crippen LogP contribution in [0.15, 0.2) is 12.2 Å². The van der Waals surface area contributed by atoms with Crippen molar-refractivity contribution in [2.24, 2.45) is 0 Å². The van der Waals surface area contributed by atoms with E-state index in [1.54, 1.807) is 0 Å². The summed E-state index contributed by atoms with van der Waals surface area (Å²) in [7, 11) is 0. The number of Topliss-reactive ketones (excluding diaryl/α,β-unsaturated/α-hetero) is 1. The van der Waals surface area contributed by atoms with Crippen LogP contribution in [-0.4, -0.2) is 36.4 Å². The quantitative estimate of drug-likeness (QED) is 0.324. The van der Waals surface area contributed by atoms with Gasteiger partial charge < -0.3 is 10.4 Å². The molecule has 0 aromatic heterocycles. The van der Waals surface area contributed by atoms with Crippen LogP contribution in [-0.2, 0) is 9.59 Å². The van der Waals surface area contributed by atoms with Gasteiger partial charge >= 0.3 is 0 Å². The predicted molar refractivity (Wildman–Crippen MR) is 49.4 cm³/mol. The number of allylic oxidation sites excluding steroid dienone is 1. The van der Waals surface area contributed by atoms with Gasteiger partial charge in [-0.3, -0.25) is 9.59 Å². The van der Waals surface area contributed by atoms with E-state index in [4.69, 9.17) is 5.11 Å². The van der Waals surface area contributed by atoms with Crippen LogP contribution in [0.3, 0.4) is 0 Å². The third-order valence-electron chi connectivity index (χ3n) is 1.36. The van der Waals surface area contributed by atoms with E-state index in [0.29, 0.717) is 0 Å². The molecule has 13 heavy (non-hydrogen) atoms. The van der Waals surface area contributed by atoms with E-state index in [9.17, 15) is 9.59 Å². The Hall–Kier alpha value is -1.00. The maximum atomic E-state index is 11.0. The predicted octanol–water partition coefficient (Wildman–Crippen LogP) is -0.327. The van der Waals surface area contributed by atoms with Crippen LogP contribution < -0.4 is 5.32 Å². The van der Waals surface area contributed by atoms with Gasteiger partial charge in [-0.25, -0.2) is 0 Å². The Bertz CT molecular complexity index is 199. The molecule has 0 radical (unpaired) electrons. The molecule has 0 aliphatic heterocycles. The first-order valence-electron chi connectivity index (χ1n) is 4.27. The lowest BCUT2D eigenvalue weighted by molar-refractivity contribution is -0.133. The first-order valence-corrected chi connectivity index (χ1v) is 4.27. The molecule has 0 bridgehead atoms. The van der Waals surface area contributed by atoms with Crippen LogP contribution in [0.2, 0.25) is 0 Å². The van der Waals surface area contributed by atoms with E-state index in [1.165, 1.54) is 6.08 Å². The summed E-state index contributed by atoms with van der Waals surface area (Å²) in [6.07, 6.45) is 3.27. The Labute approximate surface area is 77.6 Å². The van der Waals surface area contributed by atoms with E-state index in [1.807, 2.05) is 6.92 Å². The number of nitrogens with one attached hydrogen (secondary N) is 1. The van der Waals surface area contributed by atoms with Crippen LogP contribution in [0.5, 0.6) is 0 Å². The molecule has 0 aromatic carbocycles. The van der Waals surface area contributed by atoms with Crippen molar-refractivity contribution < 1.29 is 14.7 Å². The van der Waals surface area contributed by atoms with Crippen molar-refractivity contribution in [1.82, 2.24) is 5.32 Å². The Morgan fingerprint density at radius 1 is 1.46 bits per heavy atom. The molecule has 0 aromatic rings. The minimum atomic E-state index is -0.572. The Balaban J connectivity index is 3.70. The molecule has 0 aliphatic carbocycles. The summed E-state index contributed by atoms with van der Waals surface area (Å²) >= 11 is 0. The van der Waals surface area contributed by atoms with Gasteiger partial charge in [0.2, 0.25) is 11.6 Å². The third-order valence-corrected chi connectivity index (χ3v) is 1.36. The highest BCUT2D eigenvalue weighted by Crippen LogP contribution is 1.80. The second-order valence-electron chi connectivity index (χ2n) is 2.55. The molecule has 0 unspecified atom stereocenters. The smallest absolute Gasteiger partial charge is 0.222 e. The molecule has 0 atom stereocenters. The molecular formula is C9H15NO3. The Kier molecular flexibility index (Phi) is 7.05. The zero-order valence-electron chi connectivity index (χ0n) is 7.75. The highest BCUT2D eigenvalue weighted by molar-refractivity contribution is 6.42. The van der Waals surface area contributed by atoms with Gasteiger partial charge in [-0.2, -0.15) is 0 Å². The number of hydrogen-bond acceptors (Lipinski definition) is 4. The largest absolute Gasteiger partial charge is 0.392 e. The number of hydrogen-bond donors (Lipinski definition) is 2. The average molecular weight is 185 g/mol. The lowest BCUT2D eigenvalue weighted by Gasteiger charge is -1.98. The summed E-state index contributed by atoms with van der Waals surface area (Å²) in [5.74, 6) is -1.05. The molecule has 4 heteroatoms. The standard InChI is InChI=1S/C9H15NO3/c1-2-5-10-7-9(13)8(12)4-3-6-11/h3-4,10-11H,2,5-7H2,1H3/b4-3+. The minimum Gasteiger partial charge on any atom is -0.392 e. The van der Waals surface area contributed by atoms with E-state index < -0.39 is 11.6 Å². The van der Waals surface area contributed by atoms with Gasteiger partial charge in [0, 0.05) is 0 Å². The fourth-order valence-electron chi connectivity index (χ4n) is 0.719. The molecule has 0 saturated heterocycles. The van der Waals surface area contributed by atoms with Crippen molar-refractivity contribution in [2.75, 3.05) is 19.7 Å². The summed E-state index contributed by atoms with van der Waals surface area (Å²) in [4.78, 5) is 21.9. The summed E-state index contributed by atoms with van der Waals surface area (Å²) < 4.78 is 0. The van der Waals surface area contributed by atoms with Crippen LogP contribution in [0.25, 0.3) is 0 Å². The molecule has 74 valence electrons. The Morgan fingerprint density at radius 2 is 2.15 bits per heavy atom. The molecule has 0 rings (SSSR count). The zero-order chi connectivity index (χ0) is 10.1. The Morgan fingerprint density at radius 3 is 2.69 bits per heavy atom. The van der Waals surface area contributed by atoms with Gasteiger partial charge in [-0.05, 0) is 19.0 Å². The number of carbonyl (C=O) groups is 2. The third kappa shape index (κ3) is 6.19. The second kappa shape index (κ2) is 7.64. The molecular weight excluding hydrogens is 170 g/mol. The molecule has 0 amide bonds. The first kappa shape index (κ1) is 12.0. The van der Waals surface area contributed by atoms with Crippen molar-refractivity contribution in [3.8, 4) is 0 Å². The molecule has 0 saturated carbocycles. The SMILES string of the molecule is CCCNCC(=O)C(=O)/C=C/CO. The van der Waals surface area contributed by atoms with E-state index in [-0.39, 0.29) is 13.2 Å². The highest BCUT2D eigenvalue weighted by Gasteiger charge is 2.08. The highest BCUT2D eigenvalue weighted by atomic mass is 16.2. The van der Waals surface area contributed by atoms with Gasteiger partial charge in [0.05, 0.1) is 13.2 Å². The zero-order valence-corrected chi connectivity index (χ0v) is 7.75. The lowest BCUT2D eigenvalue weighted by atomic mass is 10.2. The van der Waals surface area contributed by atoms with Crippen LogP contribution in [0.1, 0.15) is 13.3 Å². The fraction of sp³-hybridized carbons (Fsp3) is 0.556. The summed E-state index contributed by atoms with van der Waals surface area (Å²) in [5.41, 5.74) is 0. The first-order chi connectivity index (χ1) is 6.22. The van der Waals surface area contributed by atoms with Crippen molar-refractivity contribution >= 4 is 11.6 Å². The minimum absolute atomic E-state index is 0.0719. The van der Waals surface area contributed by atoms with Crippen molar-refractivity contribution in [2.45, 2.75) is 13.3 Å². The monoisotopic (exact) mass is 185 g/mol. The number of carbonyl (C=O) groups excluding carboxylic acids is 2. The lowest BCUT2D eigenvalue weighted by Crippen LogP contribution is -2.28. The maximum Gasteiger partial charge on any atom is 0.222 e. The van der Waals surface area contributed by atoms with Gasteiger partial charge in [0.25, 0.3) is 0 Å². The van der Waals surface area contributed by atoms with Crippen LogP contribution in [0.4, 0.5) is 0 Å². The van der Waals surface area contributed by atoms with Crippen LogP contribution >= 0.6 is 0 Å². The summed E-state index contributed by atoms with van der Waals surface area (Å²) in [6, 6.07) is 0. The molecule has 2 N–H and O–H groups in total. The van der Waals surface area contributed by atoms with Crippen molar-refractivity contribution in [1.29, 1.82) is 0 Å². The summed E-state index contributed by atoms with van der Waals surface area (Å²) in [5, 5.41) is 11.2. The van der Waals surface area contributed by atoms with E-state index >= 15 is 0 Å². The fourth-order valence-corrected chi connectivity index (χ4v) is 0.719. The second-order valence-corrected chi connectivity index (χ2v) is 2.55. The number of aliphatic hydroxyl groups excluding tert-OH is 1. The normalized spacial score (nSPS) is 10.6. The van der Waals surface area contributed by atoms with Gasteiger partial charge in [-0.15, -0.1) is 0 Å². The molecule has 0 aliphatic rings. The molecule has 4 nitrogen and oxygen atoms in total. The van der Waals surface area contributed by atoms with Crippen molar-refractivity contribution in [3.05, 3.63) is 12.2 Å². The maximum absolute atomic E-state index is 11.0. The number of ketones is 2. The average Bonchev–Trinajstić information content (AvgIpc) is 2.14. The van der Waals surface area contributed by atoms with Crippen LogP contribution in [0, 0.1) is 0 Å². The van der Waals surface area contributed by atoms with Crippen molar-refractivity contribution in [3.63, 3.8) is 0 Å². The summed E-state index contributed by atoms with van der Waals surface area (Å²) in [6.45, 7) is 2.55. The van der Waals surface area contributed by atoms with Gasteiger partial charge in [0.1, 0.15) is 0 Å².